The molecule has 9 nitrogen and oxygen atoms in total. The van der Waals surface area contributed by atoms with Gasteiger partial charge in [0.2, 0.25) is 0 Å². The molecule has 1 amide bonds. The second kappa shape index (κ2) is 9.46. The van der Waals surface area contributed by atoms with Gasteiger partial charge in [0.05, 0.1) is 18.0 Å². The lowest BCUT2D eigenvalue weighted by atomic mass is 9.96. The minimum atomic E-state index is -0.750. The van der Waals surface area contributed by atoms with E-state index in [9.17, 15) is 19.7 Å². The fourth-order valence-electron chi connectivity index (χ4n) is 3.76. The second-order valence-electron chi connectivity index (χ2n) is 7.57. The van der Waals surface area contributed by atoms with Crippen LogP contribution < -0.4 is 9.64 Å². The summed E-state index contributed by atoms with van der Waals surface area (Å²) >= 11 is 0. The van der Waals surface area contributed by atoms with Crippen LogP contribution >= 0.6 is 0 Å². The number of nitro groups is 1. The van der Waals surface area contributed by atoms with Crippen molar-refractivity contribution in [3.8, 4) is 5.75 Å². The zero-order valence-corrected chi connectivity index (χ0v) is 17.5. The van der Waals surface area contributed by atoms with Crippen LogP contribution in [0.1, 0.15) is 28.8 Å². The van der Waals surface area contributed by atoms with Gasteiger partial charge in [-0.15, -0.1) is 0 Å². The van der Waals surface area contributed by atoms with Crippen LogP contribution in [0.15, 0.2) is 42.5 Å². The molecule has 2 aromatic carbocycles. The van der Waals surface area contributed by atoms with E-state index < -0.39 is 16.8 Å². The van der Waals surface area contributed by atoms with E-state index in [0.29, 0.717) is 31.7 Å². The summed E-state index contributed by atoms with van der Waals surface area (Å²) in [5.74, 6) is -1.16. The minimum absolute atomic E-state index is 0.0289. The number of carbonyl (C=O) groups excluding carboxylic acids is 1. The largest absolute Gasteiger partial charge is 0.497 e. The molecule has 31 heavy (non-hydrogen) atoms. The second-order valence-corrected chi connectivity index (χ2v) is 7.57. The van der Waals surface area contributed by atoms with Crippen molar-refractivity contribution in [2.45, 2.75) is 19.4 Å². The maximum Gasteiger partial charge on any atom is 0.306 e. The molecule has 1 aliphatic heterocycles. The SMILES string of the molecule is COc1ccc([N+](=O)[O-])c(C(=O)N(C)Cc2cccc(N3CCC(C(=O)O)CC3)c2)c1. The molecule has 1 N–H and O–H groups in total. The number of aliphatic carboxylic acids is 1. The summed E-state index contributed by atoms with van der Waals surface area (Å²) in [7, 11) is 3.03. The third-order valence-electron chi connectivity index (χ3n) is 5.52. The molecule has 0 unspecified atom stereocenters. The van der Waals surface area contributed by atoms with Crippen LogP contribution in [0.25, 0.3) is 0 Å². The molecule has 164 valence electrons. The molecular weight excluding hydrogens is 402 g/mol. The molecule has 0 saturated carbocycles. The van der Waals surface area contributed by atoms with Gasteiger partial charge < -0.3 is 19.6 Å². The molecule has 3 rings (SSSR count). The van der Waals surface area contributed by atoms with Crippen LogP contribution in [-0.4, -0.2) is 54.1 Å². The van der Waals surface area contributed by atoms with Crippen LogP contribution in [0.3, 0.4) is 0 Å². The number of anilines is 1. The topological polar surface area (TPSA) is 113 Å². The Hall–Kier alpha value is -3.62. The Balaban J connectivity index is 1.73. The molecule has 1 heterocycles. The van der Waals surface area contributed by atoms with Crippen molar-refractivity contribution < 1.29 is 24.4 Å². The first kappa shape index (κ1) is 22.1. The lowest BCUT2D eigenvalue weighted by Gasteiger charge is -2.32. The number of amides is 1. The summed E-state index contributed by atoms with van der Waals surface area (Å²) in [5, 5.41) is 20.5. The van der Waals surface area contributed by atoms with Crippen molar-refractivity contribution >= 4 is 23.3 Å². The first-order valence-corrected chi connectivity index (χ1v) is 9.94. The fourth-order valence-corrected chi connectivity index (χ4v) is 3.76. The first-order chi connectivity index (χ1) is 14.8. The number of carboxylic acids is 1. The standard InChI is InChI=1S/C22H25N3O6/c1-23(21(26)19-13-18(31-2)6-7-20(19)25(29)30)14-15-4-3-5-17(12-15)24-10-8-16(9-11-24)22(27)28/h3-7,12-13,16H,8-11,14H2,1-2H3,(H,27,28). The molecule has 0 aliphatic carbocycles. The molecule has 0 radical (unpaired) electrons. The Kier molecular flexibility index (Phi) is 6.74. The van der Waals surface area contributed by atoms with Gasteiger partial charge in [0.15, 0.2) is 0 Å². The highest BCUT2D eigenvalue weighted by molar-refractivity contribution is 5.98. The molecule has 0 spiro atoms. The Labute approximate surface area is 180 Å². The number of carboxylic acid groups (broad SMARTS) is 1. The van der Waals surface area contributed by atoms with Gasteiger partial charge in [-0.05, 0) is 42.7 Å². The molecule has 1 aliphatic rings. The smallest absolute Gasteiger partial charge is 0.306 e. The quantitative estimate of drug-likeness (QED) is 0.533. The van der Waals surface area contributed by atoms with Gasteiger partial charge in [0, 0.05) is 38.4 Å². The van der Waals surface area contributed by atoms with Crippen molar-refractivity contribution in [1.29, 1.82) is 0 Å². The van der Waals surface area contributed by atoms with Gasteiger partial charge >= 0.3 is 5.97 Å². The van der Waals surface area contributed by atoms with Gasteiger partial charge in [-0.25, -0.2) is 0 Å². The molecular formula is C22H25N3O6. The number of benzene rings is 2. The summed E-state index contributed by atoms with van der Waals surface area (Å²) < 4.78 is 5.11. The van der Waals surface area contributed by atoms with Crippen LogP contribution in [0.4, 0.5) is 11.4 Å². The van der Waals surface area contributed by atoms with E-state index in [4.69, 9.17) is 9.84 Å². The van der Waals surface area contributed by atoms with Crippen LogP contribution in [0, 0.1) is 16.0 Å². The van der Waals surface area contributed by atoms with E-state index in [1.807, 2.05) is 24.3 Å². The lowest BCUT2D eigenvalue weighted by Crippen LogP contribution is -2.36. The maximum absolute atomic E-state index is 12.9. The summed E-state index contributed by atoms with van der Waals surface area (Å²) in [6.45, 7) is 1.59. The molecule has 1 saturated heterocycles. The Bertz CT molecular complexity index is 985. The van der Waals surface area contributed by atoms with E-state index in [1.54, 1.807) is 7.05 Å². The average molecular weight is 427 g/mol. The number of hydrogen-bond acceptors (Lipinski definition) is 6. The summed E-state index contributed by atoms with van der Waals surface area (Å²) in [6.07, 6.45) is 1.19. The number of rotatable bonds is 7. The summed E-state index contributed by atoms with van der Waals surface area (Å²) in [4.78, 5) is 38.4. The van der Waals surface area contributed by atoms with E-state index in [2.05, 4.69) is 4.90 Å². The predicted molar refractivity (Wildman–Crippen MR) is 114 cm³/mol. The highest BCUT2D eigenvalue weighted by atomic mass is 16.6. The van der Waals surface area contributed by atoms with E-state index in [-0.39, 0.29) is 23.7 Å². The number of hydrogen-bond donors (Lipinski definition) is 1. The molecule has 2 aromatic rings. The lowest BCUT2D eigenvalue weighted by molar-refractivity contribution is -0.385. The molecule has 0 bridgehead atoms. The molecule has 9 heteroatoms. The Morgan fingerprint density at radius 3 is 2.55 bits per heavy atom. The zero-order chi connectivity index (χ0) is 22.5. The van der Waals surface area contributed by atoms with Gasteiger partial charge in [-0.3, -0.25) is 19.7 Å². The van der Waals surface area contributed by atoms with Gasteiger partial charge in [0.1, 0.15) is 11.3 Å². The van der Waals surface area contributed by atoms with Crippen molar-refractivity contribution in [3.05, 3.63) is 63.7 Å². The van der Waals surface area contributed by atoms with Crippen LogP contribution in [0.2, 0.25) is 0 Å². The maximum atomic E-state index is 12.9. The number of carbonyl (C=O) groups is 2. The number of methoxy groups -OCH3 is 1. The summed E-state index contributed by atoms with van der Waals surface area (Å²) in [5.41, 5.74) is 1.54. The molecule has 1 fully saturated rings. The number of nitrogens with zero attached hydrogens (tertiary/aromatic N) is 3. The van der Waals surface area contributed by atoms with Gasteiger partial charge in [0.25, 0.3) is 11.6 Å². The number of piperidine rings is 1. The van der Waals surface area contributed by atoms with Crippen LogP contribution in [0.5, 0.6) is 5.75 Å². The molecule has 0 atom stereocenters. The van der Waals surface area contributed by atoms with Crippen molar-refractivity contribution in [2.24, 2.45) is 5.92 Å². The van der Waals surface area contributed by atoms with Crippen molar-refractivity contribution in [3.63, 3.8) is 0 Å². The minimum Gasteiger partial charge on any atom is -0.497 e. The highest BCUT2D eigenvalue weighted by Gasteiger charge is 2.26. The molecule has 0 aromatic heterocycles. The van der Waals surface area contributed by atoms with E-state index >= 15 is 0 Å². The normalized spacial score (nSPS) is 14.2. The highest BCUT2D eigenvalue weighted by Crippen LogP contribution is 2.27. The number of ether oxygens (including phenoxy) is 1. The Morgan fingerprint density at radius 1 is 1.23 bits per heavy atom. The number of nitro benzene ring substituents is 1. The van der Waals surface area contributed by atoms with Crippen molar-refractivity contribution in [1.82, 2.24) is 4.90 Å². The first-order valence-electron chi connectivity index (χ1n) is 9.94. The van der Waals surface area contributed by atoms with Crippen LogP contribution in [-0.2, 0) is 11.3 Å². The predicted octanol–water partition coefficient (Wildman–Crippen LogP) is 3.18. The van der Waals surface area contributed by atoms with E-state index in [0.717, 1.165) is 11.3 Å². The van der Waals surface area contributed by atoms with Gasteiger partial charge in [-0.1, -0.05) is 12.1 Å². The average Bonchev–Trinajstić information content (AvgIpc) is 2.78. The van der Waals surface area contributed by atoms with Crippen molar-refractivity contribution in [2.75, 3.05) is 32.1 Å². The monoisotopic (exact) mass is 427 g/mol. The van der Waals surface area contributed by atoms with Gasteiger partial charge in [-0.2, -0.15) is 0 Å². The third-order valence-corrected chi connectivity index (χ3v) is 5.52. The third kappa shape index (κ3) is 5.11. The Morgan fingerprint density at radius 2 is 1.94 bits per heavy atom. The summed E-state index contributed by atoms with van der Waals surface area (Å²) in [6, 6.07) is 11.8. The fraction of sp³-hybridized carbons (Fsp3) is 0.364. The van der Waals surface area contributed by atoms with E-state index in [1.165, 1.54) is 30.2 Å². The zero-order valence-electron chi connectivity index (χ0n) is 17.5.